The second-order valence-corrected chi connectivity index (χ2v) is 8.41. The van der Waals surface area contributed by atoms with E-state index in [4.69, 9.17) is 0 Å². The standard InChI is InChI=1S/C18H27FN4O3S/c1-3-17(24)23-11-9-14(13-23)22-18(20-4-2)21-10-12-27(25,26)16-8-6-5-7-15(16)19/h5-8,14H,3-4,9-13H2,1-2H3,(H2,20,21,22). The van der Waals surface area contributed by atoms with Gasteiger partial charge in [-0.1, -0.05) is 19.1 Å². The Bertz CT molecular complexity index is 783. The third kappa shape index (κ3) is 5.92. The maximum Gasteiger partial charge on any atom is 0.222 e. The van der Waals surface area contributed by atoms with E-state index in [-0.39, 0.29) is 29.1 Å². The number of carbonyl (C=O) groups is 1. The minimum absolute atomic E-state index is 0.0102. The molecule has 9 heteroatoms. The minimum Gasteiger partial charge on any atom is -0.357 e. The summed E-state index contributed by atoms with van der Waals surface area (Å²) in [6, 6.07) is 5.41. The van der Waals surface area contributed by atoms with Gasteiger partial charge in [0.15, 0.2) is 15.8 Å². The maximum absolute atomic E-state index is 13.7. The van der Waals surface area contributed by atoms with Gasteiger partial charge in [-0.3, -0.25) is 9.79 Å². The Morgan fingerprint density at radius 2 is 2.07 bits per heavy atom. The number of hydrogen-bond acceptors (Lipinski definition) is 4. The summed E-state index contributed by atoms with van der Waals surface area (Å²) in [7, 11) is -3.74. The highest BCUT2D eigenvalue weighted by molar-refractivity contribution is 7.91. The third-order valence-electron chi connectivity index (χ3n) is 4.33. The van der Waals surface area contributed by atoms with Gasteiger partial charge in [0, 0.05) is 32.1 Å². The van der Waals surface area contributed by atoms with Crippen molar-refractivity contribution in [2.75, 3.05) is 31.9 Å². The van der Waals surface area contributed by atoms with E-state index in [0.29, 0.717) is 32.0 Å². The van der Waals surface area contributed by atoms with E-state index in [9.17, 15) is 17.6 Å². The molecule has 2 rings (SSSR count). The van der Waals surface area contributed by atoms with Crippen molar-refractivity contribution in [1.82, 2.24) is 15.5 Å². The molecule has 1 aliphatic rings. The fourth-order valence-corrected chi connectivity index (χ4v) is 4.13. The van der Waals surface area contributed by atoms with Crippen LogP contribution in [0.4, 0.5) is 4.39 Å². The van der Waals surface area contributed by atoms with Gasteiger partial charge in [0.2, 0.25) is 5.91 Å². The van der Waals surface area contributed by atoms with Crippen molar-refractivity contribution < 1.29 is 17.6 Å². The predicted octanol–water partition coefficient (Wildman–Crippen LogP) is 1.17. The van der Waals surface area contributed by atoms with Gasteiger partial charge in [0.1, 0.15) is 10.7 Å². The summed E-state index contributed by atoms with van der Waals surface area (Å²) in [4.78, 5) is 17.6. The topological polar surface area (TPSA) is 90.9 Å². The molecule has 0 saturated carbocycles. The molecule has 0 aromatic heterocycles. The number of benzene rings is 1. The molecule has 7 nitrogen and oxygen atoms in total. The van der Waals surface area contributed by atoms with Gasteiger partial charge >= 0.3 is 0 Å². The number of hydrogen-bond donors (Lipinski definition) is 2. The lowest BCUT2D eigenvalue weighted by molar-refractivity contribution is -0.129. The average Bonchev–Trinajstić information content (AvgIpc) is 3.09. The van der Waals surface area contributed by atoms with Crippen LogP contribution in [0.2, 0.25) is 0 Å². The van der Waals surface area contributed by atoms with Crippen molar-refractivity contribution in [1.29, 1.82) is 0 Å². The van der Waals surface area contributed by atoms with E-state index < -0.39 is 15.7 Å². The van der Waals surface area contributed by atoms with Crippen LogP contribution < -0.4 is 10.6 Å². The predicted molar refractivity (Wildman–Crippen MR) is 103 cm³/mol. The Kier molecular flexibility index (Phi) is 7.58. The van der Waals surface area contributed by atoms with Gasteiger partial charge in [-0.05, 0) is 25.5 Å². The fraction of sp³-hybridized carbons (Fsp3) is 0.556. The number of halogens is 1. The van der Waals surface area contributed by atoms with E-state index >= 15 is 0 Å². The van der Waals surface area contributed by atoms with E-state index in [1.54, 1.807) is 0 Å². The Labute approximate surface area is 160 Å². The second-order valence-electron chi connectivity index (χ2n) is 6.33. The van der Waals surface area contributed by atoms with Gasteiger partial charge in [0.05, 0.1) is 12.3 Å². The molecule has 1 aromatic rings. The molecule has 1 unspecified atom stereocenters. The van der Waals surface area contributed by atoms with Crippen LogP contribution in [-0.2, 0) is 14.6 Å². The Balaban J connectivity index is 1.96. The van der Waals surface area contributed by atoms with E-state index in [2.05, 4.69) is 15.6 Å². The largest absolute Gasteiger partial charge is 0.357 e. The number of carbonyl (C=O) groups excluding carboxylic acids is 1. The van der Waals surface area contributed by atoms with Crippen molar-refractivity contribution in [2.24, 2.45) is 4.99 Å². The summed E-state index contributed by atoms with van der Waals surface area (Å²) in [5.74, 6) is -0.414. The summed E-state index contributed by atoms with van der Waals surface area (Å²) in [6.07, 6.45) is 1.29. The molecule has 27 heavy (non-hydrogen) atoms. The lowest BCUT2D eigenvalue weighted by Crippen LogP contribution is -2.45. The summed E-state index contributed by atoms with van der Waals surface area (Å²) >= 11 is 0. The monoisotopic (exact) mass is 398 g/mol. The average molecular weight is 399 g/mol. The third-order valence-corrected chi connectivity index (χ3v) is 6.05. The first kappa shape index (κ1) is 21.1. The normalized spacial score (nSPS) is 17.8. The molecule has 0 spiro atoms. The van der Waals surface area contributed by atoms with Gasteiger partial charge in [0.25, 0.3) is 0 Å². The maximum atomic E-state index is 13.7. The molecule has 1 atom stereocenters. The molecule has 1 aliphatic heterocycles. The number of amides is 1. The smallest absolute Gasteiger partial charge is 0.222 e. The van der Waals surface area contributed by atoms with Crippen LogP contribution in [0.1, 0.15) is 26.7 Å². The van der Waals surface area contributed by atoms with Crippen LogP contribution in [0.15, 0.2) is 34.2 Å². The van der Waals surface area contributed by atoms with Crippen molar-refractivity contribution in [2.45, 2.75) is 37.6 Å². The molecule has 150 valence electrons. The van der Waals surface area contributed by atoms with E-state index in [1.807, 2.05) is 18.7 Å². The number of nitrogens with one attached hydrogen (secondary N) is 2. The first-order valence-electron chi connectivity index (χ1n) is 9.17. The SMILES string of the molecule is CCNC(=NCCS(=O)(=O)c1ccccc1F)NC1CCN(C(=O)CC)C1. The highest BCUT2D eigenvalue weighted by atomic mass is 32.2. The highest BCUT2D eigenvalue weighted by Crippen LogP contribution is 2.15. The molecule has 0 bridgehead atoms. The lowest BCUT2D eigenvalue weighted by atomic mass is 10.3. The molecule has 2 N–H and O–H groups in total. The van der Waals surface area contributed by atoms with Crippen molar-refractivity contribution >= 4 is 21.7 Å². The number of nitrogens with zero attached hydrogens (tertiary/aromatic N) is 2. The fourth-order valence-electron chi connectivity index (χ4n) is 2.93. The van der Waals surface area contributed by atoms with E-state index in [0.717, 1.165) is 12.5 Å². The Hall–Kier alpha value is -2.16. The molecule has 1 heterocycles. The molecule has 0 radical (unpaired) electrons. The zero-order chi connectivity index (χ0) is 19.9. The molecule has 1 saturated heterocycles. The Morgan fingerprint density at radius 1 is 1.33 bits per heavy atom. The van der Waals surface area contributed by atoms with E-state index in [1.165, 1.54) is 18.2 Å². The summed E-state index contributed by atoms with van der Waals surface area (Å²) < 4.78 is 38.3. The summed E-state index contributed by atoms with van der Waals surface area (Å²) in [5.41, 5.74) is 0. The molecule has 1 aromatic carbocycles. The molecular formula is C18H27FN4O3S. The summed E-state index contributed by atoms with van der Waals surface area (Å²) in [5, 5.41) is 6.31. The molecular weight excluding hydrogens is 371 g/mol. The second kappa shape index (κ2) is 9.68. The van der Waals surface area contributed by atoms with Gasteiger partial charge in [-0.15, -0.1) is 0 Å². The molecule has 0 aliphatic carbocycles. The number of likely N-dealkylation sites (tertiary alicyclic amines) is 1. The van der Waals surface area contributed by atoms with Crippen LogP contribution in [-0.4, -0.2) is 63.2 Å². The van der Waals surface area contributed by atoms with Crippen molar-refractivity contribution in [3.63, 3.8) is 0 Å². The van der Waals surface area contributed by atoms with Crippen molar-refractivity contribution in [3.8, 4) is 0 Å². The summed E-state index contributed by atoms with van der Waals surface area (Å²) in [6.45, 7) is 5.68. The lowest BCUT2D eigenvalue weighted by Gasteiger charge is -2.18. The number of guanidine groups is 1. The molecule has 1 fully saturated rings. The van der Waals surface area contributed by atoms with Crippen LogP contribution in [0.3, 0.4) is 0 Å². The van der Waals surface area contributed by atoms with Crippen LogP contribution in [0, 0.1) is 5.82 Å². The quantitative estimate of drug-likeness (QED) is 0.531. The van der Waals surface area contributed by atoms with Gasteiger partial charge in [-0.25, -0.2) is 12.8 Å². The number of sulfone groups is 1. The zero-order valence-corrected chi connectivity index (χ0v) is 16.6. The number of rotatable bonds is 7. The van der Waals surface area contributed by atoms with Gasteiger partial charge in [-0.2, -0.15) is 0 Å². The first-order valence-corrected chi connectivity index (χ1v) is 10.8. The first-order chi connectivity index (χ1) is 12.9. The van der Waals surface area contributed by atoms with Crippen LogP contribution >= 0.6 is 0 Å². The zero-order valence-electron chi connectivity index (χ0n) is 15.7. The minimum atomic E-state index is -3.74. The van der Waals surface area contributed by atoms with Crippen LogP contribution in [0.5, 0.6) is 0 Å². The van der Waals surface area contributed by atoms with Crippen molar-refractivity contribution in [3.05, 3.63) is 30.1 Å². The number of aliphatic imine (C=N–C) groups is 1. The molecule has 1 amide bonds. The van der Waals surface area contributed by atoms with Gasteiger partial charge < -0.3 is 15.5 Å². The Morgan fingerprint density at radius 3 is 2.74 bits per heavy atom. The highest BCUT2D eigenvalue weighted by Gasteiger charge is 2.26. The van der Waals surface area contributed by atoms with Crippen LogP contribution in [0.25, 0.3) is 0 Å².